The van der Waals surface area contributed by atoms with Gasteiger partial charge in [0.1, 0.15) is 0 Å². The van der Waals surface area contributed by atoms with Crippen LogP contribution in [0.5, 0.6) is 0 Å². The van der Waals surface area contributed by atoms with E-state index in [1.807, 2.05) is 7.05 Å². The molecule has 2 N–H and O–H groups in total. The number of nitrogens with zero attached hydrogens (tertiary/aromatic N) is 2. The van der Waals surface area contributed by atoms with Crippen LogP contribution >= 0.6 is 24.0 Å². The van der Waals surface area contributed by atoms with Gasteiger partial charge in [0.15, 0.2) is 5.96 Å². The van der Waals surface area contributed by atoms with Crippen LogP contribution in [0.2, 0.25) is 0 Å². The highest BCUT2D eigenvalue weighted by atomic mass is 127. The summed E-state index contributed by atoms with van der Waals surface area (Å²) in [6.07, 6.45) is 7.87. The second-order valence-electron chi connectivity index (χ2n) is 6.67. The summed E-state index contributed by atoms with van der Waals surface area (Å²) in [6, 6.07) is 1.04. The van der Waals surface area contributed by atoms with E-state index in [0.29, 0.717) is 18.0 Å². The fourth-order valence-corrected chi connectivity index (χ4v) is 3.19. The van der Waals surface area contributed by atoms with Crippen molar-refractivity contribution in [1.29, 1.82) is 0 Å². The zero-order valence-corrected chi connectivity index (χ0v) is 17.1. The standard InChI is InChI=1S/C17H32N4O.HI/c1-14(2)12-16(21-8-10-22-11-9-21)13-19-17(18-3)20-15-6-4-5-7-15;/h4-5,14-16H,6-13H2,1-3H3,(H2,18,19,20);1H. The maximum atomic E-state index is 5.49. The van der Waals surface area contributed by atoms with E-state index < -0.39 is 0 Å². The van der Waals surface area contributed by atoms with Gasteiger partial charge >= 0.3 is 0 Å². The molecule has 0 radical (unpaired) electrons. The minimum absolute atomic E-state index is 0. The predicted molar refractivity (Wildman–Crippen MR) is 108 cm³/mol. The summed E-state index contributed by atoms with van der Waals surface area (Å²) in [5.41, 5.74) is 0. The van der Waals surface area contributed by atoms with Gasteiger partial charge in [-0.1, -0.05) is 26.0 Å². The molecule has 0 amide bonds. The topological polar surface area (TPSA) is 48.9 Å². The summed E-state index contributed by atoms with van der Waals surface area (Å²) in [7, 11) is 1.85. The van der Waals surface area contributed by atoms with Crippen LogP contribution in [0, 0.1) is 5.92 Å². The third-order valence-corrected chi connectivity index (χ3v) is 4.38. The molecule has 134 valence electrons. The summed E-state index contributed by atoms with van der Waals surface area (Å²) >= 11 is 0. The molecular formula is C17H33IN4O. The Balaban J connectivity index is 0.00000264. The summed E-state index contributed by atoms with van der Waals surface area (Å²) in [4.78, 5) is 6.93. The average molecular weight is 436 g/mol. The number of rotatable bonds is 6. The molecule has 5 nitrogen and oxygen atoms in total. The number of hydrogen-bond donors (Lipinski definition) is 2. The van der Waals surface area contributed by atoms with Gasteiger partial charge in [-0.25, -0.2) is 0 Å². The van der Waals surface area contributed by atoms with E-state index in [0.717, 1.165) is 51.6 Å². The van der Waals surface area contributed by atoms with Crippen molar-refractivity contribution in [2.75, 3.05) is 39.9 Å². The summed E-state index contributed by atoms with van der Waals surface area (Å²) in [6.45, 7) is 9.33. The highest BCUT2D eigenvalue weighted by Crippen LogP contribution is 2.13. The van der Waals surface area contributed by atoms with E-state index in [1.54, 1.807) is 0 Å². The maximum absolute atomic E-state index is 5.49. The fourth-order valence-electron chi connectivity index (χ4n) is 3.19. The highest BCUT2D eigenvalue weighted by molar-refractivity contribution is 14.0. The van der Waals surface area contributed by atoms with Gasteiger partial charge in [0, 0.05) is 38.8 Å². The lowest BCUT2D eigenvalue weighted by Crippen LogP contribution is -2.52. The quantitative estimate of drug-likeness (QED) is 0.290. The largest absolute Gasteiger partial charge is 0.379 e. The summed E-state index contributed by atoms with van der Waals surface area (Å²) in [5.74, 6) is 1.62. The monoisotopic (exact) mass is 436 g/mol. The lowest BCUT2D eigenvalue weighted by atomic mass is 10.0. The first kappa shape index (κ1) is 20.7. The Morgan fingerprint density at radius 2 is 1.91 bits per heavy atom. The van der Waals surface area contributed by atoms with Crippen molar-refractivity contribution in [3.63, 3.8) is 0 Å². The average Bonchev–Trinajstić information content (AvgIpc) is 3.03. The second-order valence-corrected chi connectivity index (χ2v) is 6.67. The predicted octanol–water partition coefficient (Wildman–Crippen LogP) is 2.23. The Kier molecular flexibility index (Phi) is 10.1. The first-order valence-corrected chi connectivity index (χ1v) is 8.63. The van der Waals surface area contributed by atoms with Crippen molar-refractivity contribution >= 4 is 29.9 Å². The molecule has 0 aromatic heterocycles. The smallest absolute Gasteiger partial charge is 0.191 e. The van der Waals surface area contributed by atoms with Crippen LogP contribution in [-0.2, 0) is 4.74 Å². The van der Waals surface area contributed by atoms with Crippen LogP contribution in [0.3, 0.4) is 0 Å². The number of hydrogen-bond acceptors (Lipinski definition) is 3. The van der Waals surface area contributed by atoms with Gasteiger partial charge in [-0.2, -0.15) is 0 Å². The molecule has 1 aliphatic heterocycles. The van der Waals surface area contributed by atoms with E-state index in [1.165, 1.54) is 6.42 Å². The third kappa shape index (κ3) is 7.39. The SMILES string of the molecule is CN=C(NCC(CC(C)C)N1CCOCC1)NC1CC=CC1.I. The number of morpholine rings is 1. The van der Waals surface area contributed by atoms with E-state index in [2.05, 4.69) is 46.5 Å². The van der Waals surface area contributed by atoms with Crippen molar-refractivity contribution in [3.05, 3.63) is 12.2 Å². The number of ether oxygens (including phenoxy) is 1. The van der Waals surface area contributed by atoms with Gasteiger partial charge in [0.25, 0.3) is 0 Å². The van der Waals surface area contributed by atoms with Crippen LogP contribution in [0.25, 0.3) is 0 Å². The first-order chi connectivity index (χ1) is 10.7. The normalized spacial score (nSPS) is 21.3. The third-order valence-electron chi connectivity index (χ3n) is 4.38. The number of halogens is 1. The van der Waals surface area contributed by atoms with E-state index in [4.69, 9.17) is 4.74 Å². The van der Waals surface area contributed by atoms with Gasteiger partial charge < -0.3 is 15.4 Å². The van der Waals surface area contributed by atoms with Gasteiger partial charge in [-0.3, -0.25) is 9.89 Å². The number of nitrogens with one attached hydrogen (secondary N) is 2. The molecule has 1 fully saturated rings. The minimum Gasteiger partial charge on any atom is -0.379 e. The van der Waals surface area contributed by atoms with Gasteiger partial charge in [0.05, 0.1) is 13.2 Å². The summed E-state index contributed by atoms with van der Waals surface area (Å²) in [5, 5.41) is 7.04. The molecule has 1 atom stereocenters. The van der Waals surface area contributed by atoms with E-state index >= 15 is 0 Å². The molecule has 0 bridgehead atoms. The number of guanidine groups is 1. The first-order valence-electron chi connectivity index (χ1n) is 8.63. The molecule has 6 heteroatoms. The Bertz CT molecular complexity index is 373. The summed E-state index contributed by atoms with van der Waals surface area (Å²) < 4.78 is 5.49. The molecule has 0 spiro atoms. The van der Waals surface area contributed by atoms with Crippen molar-refractivity contribution in [3.8, 4) is 0 Å². The lowest BCUT2D eigenvalue weighted by Gasteiger charge is -2.36. The molecule has 2 rings (SSSR count). The second kappa shape index (κ2) is 11.3. The van der Waals surface area contributed by atoms with Crippen LogP contribution < -0.4 is 10.6 Å². The van der Waals surface area contributed by atoms with Crippen LogP contribution in [-0.4, -0.2) is 62.8 Å². The zero-order chi connectivity index (χ0) is 15.8. The molecule has 2 aliphatic rings. The van der Waals surface area contributed by atoms with Gasteiger partial charge in [-0.05, 0) is 25.2 Å². The van der Waals surface area contributed by atoms with E-state index in [9.17, 15) is 0 Å². The Morgan fingerprint density at radius 1 is 1.26 bits per heavy atom. The number of aliphatic imine (C=N–C) groups is 1. The van der Waals surface area contributed by atoms with Crippen LogP contribution in [0.4, 0.5) is 0 Å². The highest BCUT2D eigenvalue weighted by Gasteiger charge is 2.22. The van der Waals surface area contributed by atoms with Crippen molar-refractivity contribution < 1.29 is 4.74 Å². The molecule has 1 aliphatic carbocycles. The molecular weight excluding hydrogens is 403 g/mol. The van der Waals surface area contributed by atoms with E-state index in [-0.39, 0.29) is 24.0 Å². The lowest BCUT2D eigenvalue weighted by molar-refractivity contribution is 0.0132. The molecule has 1 saturated heterocycles. The minimum atomic E-state index is 0. The maximum Gasteiger partial charge on any atom is 0.191 e. The zero-order valence-electron chi connectivity index (χ0n) is 14.8. The van der Waals surface area contributed by atoms with Crippen molar-refractivity contribution in [2.45, 2.75) is 45.2 Å². The molecule has 0 aromatic rings. The molecule has 0 aromatic carbocycles. The molecule has 1 unspecified atom stereocenters. The van der Waals surface area contributed by atoms with Crippen molar-refractivity contribution in [2.24, 2.45) is 10.9 Å². The fraction of sp³-hybridized carbons (Fsp3) is 0.824. The Hall–Kier alpha value is -0.340. The van der Waals surface area contributed by atoms with Gasteiger partial charge in [0.2, 0.25) is 0 Å². The Labute approximate surface area is 158 Å². The van der Waals surface area contributed by atoms with Crippen molar-refractivity contribution in [1.82, 2.24) is 15.5 Å². The van der Waals surface area contributed by atoms with Crippen LogP contribution in [0.1, 0.15) is 33.1 Å². The Morgan fingerprint density at radius 3 is 2.48 bits per heavy atom. The molecule has 0 saturated carbocycles. The molecule has 1 heterocycles. The molecule has 23 heavy (non-hydrogen) atoms. The van der Waals surface area contributed by atoms with Gasteiger partial charge in [-0.15, -0.1) is 24.0 Å². The van der Waals surface area contributed by atoms with Crippen LogP contribution in [0.15, 0.2) is 17.1 Å².